The van der Waals surface area contributed by atoms with Gasteiger partial charge in [-0.3, -0.25) is 0 Å². The molecule has 1 N–H and O–H groups in total. The molecule has 1 atom stereocenters. The fraction of sp³-hybridized carbons (Fsp3) is 0.692. The van der Waals surface area contributed by atoms with Crippen LogP contribution >= 0.6 is 0 Å². The van der Waals surface area contributed by atoms with Crippen molar-refractivity contribution in [3.05, 3.63) is 11.3 Å². The SMILES string of the molecule is CCCNC(C(=O)OCC)c1c(C)nn(C)c1OC. The summed E-state index contributed by atoms with van der Waals surface area (Å²) in [6.45, 7) is 6.77. The summed E-state index contributed by atoms with van der Waals surface area (Å²) < 4.78 is 12.1. The molecule has 1 aromatic rings. The van der Waals surface area contributed by atoms with Crippen LogP contribution in [0, 0.1) is 6.92 Å². The van der Waals surface area contributed by atoms with Crippen LogP contribution in [0.15, 0.2) is 0 Å². The van der Waals surface area contributed by atoms with Gasteiger partial charge in [0.1, 0.15) is 6.04 Å². The summed E-state index contributed by atoms with van der Waals surface area (Å²) in [5.74, 6) is 0.282. The largest absolute Gasteiger partial charge is 0.481 e. The van der Waals surface area contributed by atoms with E-state index in [2.05, 4.69) is 10.4 Å². The van der Waals surface area contributed by atoms with E-state index in [9.17, 15) is 4.79 Å². The zero-order valence-corrected chi connectivity index (χ0v) is 12.3. The fourth-order valence-corrected chi connectivity index (χ4v) is 2.05. The van der Waals surface area contributed by atoms with Crippen LogP contribution in [0.1, 0.15) is 37.6 Å². The Morgan fingerprint density at radius 3 is 2.68 bits per heavy atom. The van der Waals surface area contributed by atoms with Crippen LogP contribution in [-0.2, 0) is 16.6 Å². The number of aromatic nitrogens is 2. The molecule has 0 aromatic carbocycles. The predicted molar refractivity (Wildman–Crippen MR) is 72.2 cm³/mol. The van der Waals surface area contributed by atoms with Gasteiger partial charge >= 0.3 is 5.97 Å². The maximum absolute atomic E-state index is 12.1. The standard InChI is InChI=1S/C13H23N3O3/c1-6-8-14-11(13(17)19-7-2)10-9(3)15-16(4)12(10)18-5/h11,14H,6-8H2,1-5H3. The zero-order valence-electron chi connectivity index (χ0n) is 12.3. The average molecular weight is 269 g/mol. The predicted octanol–water partition coefficient (Wildman–Crippen LogP) is 1.34. The van der Waals surface area contributed by atoms with Crippen LogP contribution in [-0.4, -0.2) is 36.0 Å². The first-order valence-corrected chi connectivity index (χ1v) is 6.54. The van der Waals surface area contributed by atoms with Crippen molar-refractivity contribution in [3.63, 3.8) is 0 Å². The number of esters is 1. The number of hydrogen-bond donors (Lipinski definition) is 1. The number of aryl methyl sites for hydroxylation is 2. The van der Waals surface area contributed by atoms with Gasteiger partial charge in [-0.1, -0.05) is 6.92 Å². The van der Waals surface area contributed by atoms with Crippen molar-refractivity contribution in [1.82, 2.24) is 15.1 Å². The number of methoxy groups -OCH3 is 1. The molecule has 0 spiro atoms. The van der Waals surface area contributed by atoms with Gasteiger partial charge < -0.3 is 14.8 Å². The van der Waals surface area contributed by atoms with Crippen LogP contribution in [0.5, 0.6) is 5.88 Å². The molecule has 0 aliphatic rings. The van der Waals surface area contributed by atoms with E-state index >= 15 is 0 Å². The third-order valence-electron chi connectivity index (χ3n) is 2.82. The Balaban J connectivity index is 3.12. The second kappa shape index (κ2) is 7.13. The van der Waals surface area contributed by atoms with Gasteiger partial charge in [-0.05, 0) is 26.8 Å². The number of rotatable bonds is 7. The summed E-state index contributed by atoms with van der Waals surface area (Å²) in [6, 6.07) is -0.538. The smallest absolute Gasteiger partial charge is 0.328 e. The zero-order chi connectivity index (χ0) is 14.4. The van der Waals surface area contributed by atoms with Crippen LogP contribution in [0.25, 0.3) is 0 Å². The molecule has 1 rings (SSSR count). The van der Waals surface area contributed by atoms with Gasteiger partial charge in [-0.15, -0.1) is 0 Å². The second-order valence-corrected chi connectivity index (χ2v) is 4.27. The van der Waals surface area contributed by atoms with E-state index in [1.165, 1.54) is 0 Å². The molecule has 1 aromatic heterocycles. The lowest BCUT2D eigenvalue weighted by Crippen LogP contribution is -2.31. The van der Waals surface area contributed by atoms with Crippen molar-refractivity contribution in [2.45, 2.75) is 33.2 Å². The lowest BCUT2D eigenvalue weighted by atomic mass is 10.1. The van der Waals surface area contributed by atoms with E-state index in [4.69, 9.17) is 9.47 Å². The van der Waals surface area contributed by atoms with Crippen molar-refractivity contribution in [2.75, 3.05) is 20.3 Å². The molecule has 0 aliphatic heterocycles. The van der Waals surface area contributed by atoms with Gasteiger partial charge in [0, 0.05) is 7.05 Å². The first-order valence-electron chi connectivity index (χ1n) is 6.54. The fourth-order valence-electron chi connectivity index (χ4n) is 2.05. The van der Waals surface area contributed by atoms with E-state index < -0.39 is 6.04 Å². The normalized spacial score (nSPS) is 12.3. The van der Waals surface area contributed by atoms with Gasteiger partial charge in [0.05, 0.1) is 25.0 Å². The van der Waals surface area contributed by atoms with Gasteiger partial charge in [-0.2, -0.15) is 5.10 Å². The van der Waals surface area contributed by atoms with Gasteiger partial charge in [-0.25, -0.2) is 9.48 Å². The van der Waals surface area contributed by atoms with Crippen LogP contribution < -0.4 is 10.1 Å². The molecular weight excluding hydrogens is 246 g/mol. The first-order chi connectivity index (χ1) is 9.06. The van der Waals surface area contributed by atoms with Crippen LogP contribution in [0.2, 0.25) is 0 Å². The molecule has 0 amide bonds. The van der Waals surface area contributed by atoms with E-state index in [1.54, 1.807) is 25.8 Å². The highest BCUT2D eigenvalue weighted by Gasteiger charge is 2.29. The molecular formula is C13H23N3O3. The number of nitrogens with zero attached hydrogens (tertiary/aromatic N) is 2. The summed E-state index contributed by atoms with van der Waals surface area (Å²) in [4.78, 5) is 12.1. The molecule has 0 fully saturated rings. The summed E-state index contributed by atoms with van der Waals surface area (Å²) in [7, 11) is 3.36. The van der Waals surface area contributed by atoms with Gasteiger partial charge in [0.2, 0.25) is 5.88 Å². The van der Waals surface area contributed by atoms with Gasteiger partial charge in [0.25, 0.3) is 0 Å². The van der Waals surface area contributed by atoms with Crippen molar-refractivity contribution in [2.24, 2.45) is 7.05 Å². The monoisotopic (exact) mass is 269 g/mol. The molecule has 6 nitrogen and oxygen atoms in total. The highest BCUT2D eigenvalue weighted by Crippen LogP contribution is 2.28. The average Bonchev–Trinajstić information content (AvgIpc) is 2.65. The Kier molecular flexibility index (Phi) is 5.82. The minimum absolute atomic E-state index is 0.301. The Labute approximate surface area is 114 Å². The van der Waals surface area contributed by atoms with E-state index in [-0.39, 0.29) is 5.97 Å². The number of carbonyl (C=O) groups excluding carboxylic acids is 1. The molecule has 108 valence electrons. The first kappa shape index (κ1) is 15.5. The minimum atomic E-state index is -0.538. The summed E-state index contributed by atoms with van der Waals surface area (Å²) in [6.07, 6.45) is 0.928. The number of hydrogen-bond acceptors (Lipinski definition) is 5. The maximum Gasteiger partial charge on any atom is 0.328 e. The number of nitrogens with one attached hydrogen (secondary N) is 1. The molecule has 1 unspecified atom stereocenters. The quantitative estimate of drug-likeness (QED) is 0.757. The van der Waals surface area contributed by atoms with E-state index in [0.29, 0.717) is 12.5 Å². The van der Waals surface area contributed by atoms with Crippen LogP contribution in [0.4, 0.5) is 0 Å². The lowest BCUT2D eigenvalue weighted by molar-refractivity contribution is -0.145. The molecule has 19 heavy (non-hydrogen) atoms. The number of ether oxygens (including phenoxy) is 2. The molecule has 0 aliphatic carbocycles. The molecule has 0 radical (unpaired) electrons. The highest BCUT2D eigenvalue weighted by molar-refractivity contribution is 5.79. The Morgan fingerprint density at radius 1 is 1.47 bits per heavy atom. The summed E-state index contributed by atoms with van der Waals surface area (Å²) in [5.41, 5.74) is 1.51. The third-order valence-corrected chi connectivity index (χ3v) is 2.82. The second-order valence-electron chi connectivity index (χ2n) is 4.27. The molecule has 1 heterocycles. The summed E-state index contributed by atoms with van der Waals surface area (Å²) in [5, 5.41) is 7.49. The number of carbonyl (C=O) groups is 1. The molecule has 0 saturated carbocycles. The van der Waals surface area contributed by atoms with E-state index in [0.717, 1.165) is 24.2 Å². The summed E-state index contributed by atoms with van der Waals surface area (Å²) >= 11 is 0. The Morgan fingerprint density at radius 2 is 2.16 bits per heavy atom. The molecule has 6 heteroatoms. The van der Waals surface area contributed by atoms with Crippen molar-refractivity contribution in [3.8, 4) is 5.88 Å². The maximum atomic E-state index is 12.1. The topological polar surface area (TPSA) is 65.4 Å². The van der Waals surface area contributed by atoms with Crippen molar-refractivity contribution >= 4 is 5.97 Å². The Hall–Kier alpha value is -1.56. The van der Waals surface area contributed by atoms with E-state index in [1.807, 2.05) is 13.8 Å². The minimum Gasteiger partial charge on any atom is -0.481 e. The highest BCUT2D eigenvalue weighted by atomic mass is 16.5. The van der Waals surface area contributed by atoms with Crippen LogP contribution in [0.3, 0.4) is 0 Å². The van der Waals surface area contributed by atoms with Gasteiger partial charge in [0.15, 0.2) is 0 Å². The molecule has 0 saturated heterocycles. The van der Waals surface area contributed by atoms with Crippen molar-refractivity contribution in [1.29, 1.82) is 0 Å². The third kappa shape index (κ3) is 3.47. The Bertz CT molecular complexity index is 429. The lowest BCUT2D eigenvalue weighted by Gasteiger charge is -2.17. The van der Waals surface area contributed by atoms with Crippen molar-refractivity contribution < 1.29 is 14.3 Å². The molecule has 0 bridgehead atoms.